The number of amides is 3. The summed E-state index contributed by atoms with van der Waals surface area (Å²) in [5, 5.41) is 25.2. The molecule has 3 aliphatic carbocycles. The van der Waals surface area contributed by atoms with Crippen LogP contribution in [0.3, 0.4) is 0 Å². The lowest BCUT2D eigenvalue weighted by molar-refractivity contribution is 0.0560. The fraction of sp³-hybridized carbons (Fsp3) is 0.538. The van der Waals surface area contributed by atoms with Crippen LogP contribution in [0.5, 0.6) is 17.6 Å². The number of aromatic nitrogens is 15. The van der Waals surface area contributed by atoms with E-state index in [0.717, 1.165) is 19.3 Å². The third kappa shape index (κ3) is 18.1. The van der Waals surface area contributed by atoms with Crippen LogP contribution in [0.4, 0.5) is 17.5 Å². The maximum atomic E-state index is 13.4. The highest BCUT2D eigenvalue weighted by molar-refractivity contribution is 7.90. The number of rotatable bonds is 15. The zero-order valence-electron chi connectivity index (χ0n) is 67.0. The third-order valence-electron chi connectivity index (χ3n) is 23.6. The Labute approximate surface area is 678 Å². The lowest BCUT2D eigenvalue weighted by atomic mass is 10.0. The highest BCUT2D eigenvalue weighted by Gasteiger charge is 2.47. The Morgan fingerprint density at radius 1 is 0.376 bits per heavy atom. The summed E-state index contributed by atoms with van der Waals surface area (Å²) in [5.74, 6) is 1.67. The molecule has 15 heterocycles. The highest BCUT2D eigenvalue weighted by Crippen LogP contribution is 2.50. The van der Waals surface area contributed by atoms with Gasteiger partial charge in [-0.2, -0.15) is 40.5 Å². The molecule has 3 saturated heterocycles. The van der Waals surface area contributed by atoms with Gasteiger partial charge in [0.2, 0.25) is 17.6 Å². The topological polar surface area (TPSA) is 400 Å². The molecule has 0 radical (unpaired) electrons. The first-order valence-corrected chi connectivity index (χ1v) is 44.1. The SMILES string of the molecule is CC1(CCOc2ccn(-c3ccc4c(n3)N3CC(CC3(C)C)OCCn3ccc(n3)S(=O)(=O)NC4=O)n2)CC1.CC1(CCOc2ccn(-c3ccc4c(n3)N3CC(CC3(C)C)OCCn3ccc(n3)S(=O)(=O)NC4=O)n2)CC1.CC1(CCOc2ccn(-c3ccc4c(n3)N3CC(CC3(C)C)OCCn3ccc(n3)S(=O)(=O)NC4=O)n2)CC1. The van der Waals surface area contributed by atoms with E-state index in [0.29, 0.717) is 167 Å². The fourth-order valence-corrected chi connectivity index (χ4v) is 18.2. The largest absolute Gasteiger partial charge is 0.477 e. The van der Waals surface area contributed by atoms with E-state index in [9.17, 15) is 39.6 Å². The van der Waals surface area contributed by atoms with E-state index in [-0.39, 0.29) is 50.1 Å². The van der Waals surface area contributed by atoms with Gasteiger partial charge in [-0.25, -0.2) is 43.2 Å². The molecular formula is C78H99N21O15S3. The summed E-state index contributed by atoms with van der Waals surface area (Å²) in [6, 6.07) is 19.1. The molecule has 3 amide bonds. The Balaban J connectivity index is 0.000000131. The number of hydrogen-bond acceptors (Lipinski definition) is 27. The Morgan fingerprint density at radius 3 is 0.915 bits per heavy atom. The number of hydrogen-bond donors (Lipinski definition) is 3. The standard InChI is InChI=1S/3C26H33N7O5S/c3*1-25(2)16-18-17-32(25)23-19(24(34)30-39(35,36)22-7-11-31(29-22)13-15-37-18)4-5-20(27-23)33-12-6-21(28-33)38-14-10-26(3)8-9-26/h3*4-7,11-12,18H,8-10,13-17H2,1-3H3,(H,30,34). The van der Waals surface area contributed by atoms with E-state index < -0.39 is 64.4 Å². The van der Waals surface area contributed by atoms with E-state index in [1.807, 2.05) is 14.7 Å². The molecule has 3 N–H and O–H groups in total. The number of nitrogens with zero attached hydrogens (tertiary/aromatic N) is 18. The molecule has 9 aromatic rings. The van der Waals surface area contributed by atoms with Crippen LogP contribution in [0.25, 0.3) is 17.5 Å². The number of fused-ring (bicyclic) bond motifs is 18. The molecule has 0 aromatic carbocycles. The van der Waals surface area contributed by atoms with Crippen LogP contribution in [-0.2, 0) is 63.9 Å². The molecule has 6 fully saturated rings. The van der Waals surface area contributed by atoms with Crippen molar-refractivity contribution in [3.8, 4) is 35.1 Å². The summed E-state index contributed by atoms with van der Waals surface area (Å²) in [5.41, 5.74) is 0.375. The molecule has 9 aromatic heterocycles. The van der Waals surface area contributed by atoms with E-state index in [2.05, 4.69) is 107 Å². The molecule has 3 saturated carbocycles. The van der Waals surface area contributed by atoms with Gasteiger partial charge in [0, 0.05) is 91.6 Å². The van der Waals surface area contributed by atoms with Gasteiger partial charge in [0.25, 0.3) is 47.8 Å². The molecular weight excluding hydrogens is 1570 g/mol. The van der Waals surface area contributed by atoms with Gasteiger partial charge in [0.15, 0.2) is 32.5 Å². The molecule has 39 heteroatoms. The van der Waals surface area contributed by atoms with E-state index >= 15 is 0 Å². The van der Waals surface area contributed by atoms with E-state index in [4.69, 9.17) is 43.4 Å². The minimum absolute atomic E-state index is 0.0962. The maximum absolute atomic E-state index is 13.4. The second-order valence-electron chi connectivity index (χ2n) is 34.6. The Morgan fingerprint density at radius 2 is 0.650 bits per heavy atom. The van der Waals surface area contributed by atoms with Gasteiger partial charge >= 0.3 is 0 Å². The molecule has 3 atom stereocenters. The molecule has 117 heavy (non-hydrogen) atoms. The smallest absolute Gasteiger partial charge is 0.283 e. The predicted octanol–water partition coefficient (Wildman–Crippen LogP) is 7.62. The normalized spacial score (nSPS) is 23.0. The summed E-state index contributed by atoms with van der Waals surface area (Å²) in [4.78, 5) is 60.7. The van der Waals surface area contributed by atoms with Crippen LogP contribution in [0.2, 0.25) is 0 Å². The third-order valence-corrected chi connectivity index (χ3v) is 27.2. The zero-order chi connectivity index (χ0) is 82.2. The van der Waals surface area contributed by atoms with Crippen LogP contribution in [-0.4, -0.2) is 211 Å². The van der Waals surface area contributed by atoms with Crippen LogP contribution in [0, 0.1) is 16.2 Å². The first-order chi connectivity index (χ1) is 55.5. The monoisotopic (exact) mass is 1670 g/mol. The van der Waals surface area contributed by atoms with Crippen molar-refractivity contribution in [3.05, 3.63) is 127 Å². The minimum Gasteiger partial charge on any atom is -0.477 e. The molecule has 36 nitrogen and oxygen atoms in total. The van der Waals surface area contributed by atoms with E-state index in [1.165, 1.54) is 70.8 Å². The summed E-state index contributed by atoms with van der Waals surface area (Å²) in [6.07, 6.45) is 22.2. The second kappa shape index (κ2) is 30.9. The molecule has 18 rings (SSSR count). The number of pyridine rings is 3. The highest BCUT2D eigenvalue weighted by atomic mass is 32.2. The molecule has 6 aliphatic heterocycles. The molecule has 9 aliphatic rings. The lowest BCUT2D eigenvalue weighted by Gasteiger charge is -2.33. The first-order valence-electron chi connectivity index (χ1n) is 39.6. The molecule has 12 bridgehead atoms. The second-order valence-corrected chi connectivity index (χ2v) is 39.4. The predicted molar refractivity (Wildman–Crippen MR) is 424 cm³/mol. The van der Waals surface area contributed by atoms with Crippen LogP contribution in [0.15, 0.2) is 125 Å². The van der Waals surface area contributed by atoms with Crippen molar-refractivity contribution in [3.63, 3.8) is 0 Å². The number of anilines is 3. The number of carbonyl (C=O) groups excluding carboxylic acids is 3. The van der Waals surface area contributed by atoms with Gasteiger partial charge in [-0.1, -0.05) is 20.8 Å². The van der Waals surface area contributed by atoms with Crippen LogP contribution >= 0.6 is 0 Å². The molecule has 3 unspecified atom stereocenters. The van der Waals surface area contributed by atoms with Crippen molar-refractivity contribution in [2.45, 2.75) is 209 Å². The minimum atomic E-state index is -4.19. The zero-order valence-corrected chi connectivity index (χ0v) is 69.4. The fourth-order valence-electron chi connectivity index (χ4n) is 15.4. The van der Waals surface area contributed by atoms with Crippen molar-refractivity contribution < 1.29 is 68.1 Å². The van der Waals surface area contributed by atoms with Crippen molar-refractivity contribution >= 4 is 65.2 Å². The number of nitrogens with one attached hydrogen (secondary N) is 3. The lowest BCUT2D eigenvalue weighted by Crippen LogP contribution is -2.41. The number of ether oxygens (including phenoxy) is 6. The van der Waals surface area contributed by atoms with E-state index in [1.54, 1.807) is 106 Å². The Kier molecular flexibility index (Phi) is 21.2. The van der Waals surface area contributed by atoms with Gasteiger partial charge in [-0.15, -0.1) is 15.3 Å². The van der Waals surface area contributed by atoms with Gasteiger partial charge < -0.3 is 43.1 Å². The van der Waals surface area contributed by atoms with Crippen molar-refractivity contribution in [1.82, 2.24) is 87.8 Å². The van der Waals surface area contributed by atoms with Crippen LogP contribution in [0.1, 0.15) is 170 Å². The maximum Gasteiger partial charge on any atom is 0.283 e. The Hall–Kier alpha value is -10.3. The van der Waals surface area contributed by atoms with Crippen LogP contribution < -0.4 is 43.1 Å². The summed E-state index contributed by atoms with van der Waals surface area (Å²) >= 11 is 0. The summed E-state index contributed by atoms with van der Waals surface area (Å²) in [7, 11) is -12.6. The Bertz CT molecular complexity index is 5060. The first kappa shape index (κ1) is 80.4. The summed E-state index contributed by atoms with van der Waals surface area (Å²) in [6.45, 7) is 24.7. The van der Waals surface area contributed by atoms with Crippen molar-refractivity contribution in [2.75, 3.05) is 74.0 Å². The summed E-state index contributed by atoms with van der Waals surface area (Å²) < 4.78 is 129. The van der Waals surface area contributed by atoms with Gasteiger partial charge in [-0.05, 0) is 189 Å². The molecule has 0 spiro atoms. The average Bonchev–Trinajstić information content (AvgIpc) is 1.66. The van der Waals surface area contributed by atoms with Crippen molar-refractivity contribution in [1.29, 1.82) is 0 Å². The van der Waals surface area contributed by atoms with Gasteiger partial charge in [0.1, 0.15) is 17.5 Å². The number of carbonyl (C=O) groups is 3. The van der Waals surface area contributed by atoms with Gasteiger partial charge in [0.05, 0.1) is 94.3 Å². The molecule has 624 valence electrons. The quantitative estimate of drug-likeness (QED) is 0.0888. The average molecular weight is 1670 g/mol. The van der Waals surface area contributed by atoms with Crippen molar-refractivity contribution in [2.24, 2.45) is 16.2 Å². The van der Waals surface area contributed by atoms with Gasteiger partial charge in [-0.3, -0.25) is 28.4 Å². The number of sulfonamides is 3.